The summed E-state index contributed by atoms with van der Waals surface area (Å²) in [6.07, 6.45) is 3.75. The number of rotatable bonds is 2. The number of benzene rings is 1. The van der Waals surface area contributed by atoms with Crippen molar-refractivity contribution < 1.29 is 0 Å². The van der Waals surface area contributed by atoms with Crippen LogP contribution in [0, 0.1) is 6.92 Å². The van der Waals surface area contributed by atoms with Crippen LogP contribution in [0.15, 0.2) is 41.2 Å². The van der Waals surface area contributed by atoms with Crippen LogP contribution in [0.25, 0.3) is 12.2 Å². The summed E-state index contributed by atoms with van der Waals surface area (Å²) in [5.74, 6) is 0. The van der Waals surface area contributed by atoms with Gasteiger partial charge in [0.25, 0.3) is 5.56 Å². The van der Waals surface area contributed by atoms with Gasteiger partial charge in [0, 0.05) is 12.6 Å². The van der Waals surface area contributed by atoms with E-state index in [1.807, 2.05) is 49.4 Å². The van der Waals surface area contributed by atoms with Crippen LogP contribution in [-0.2, 0) is 7.05 Å². The minimum absolute atomic E-state index is 0.0808. The Kier molecular flexibility index (Phi) is 3.19. The van der Waals surface area contributed by atoms with E-state index in [1.54, 1.807) is 13.1 Å². The molecule has 0 aliphatic carbocycles. The van der Waals surface area contributed by atoms with Crippen LogP contribution >= 0.6 is 0 Å². The summed E-state index contributed by atoms with van der Waals surface area (Å²) >= 11 is 0. The Hall–Kier alpha value is -2.16. The highest BCUT2D eigenvalue weighted by Crippen LogP contribution is 2.05. The van der Waals surface area contributed by atoms with E-state index in [0.717, 1.165) is 11.3 Å². The summed E-state index contributed by atoms with van der Waals surface area (Å²) in [5.41, 5.74) is 2.48. The van der Waals surface area contributed by atoms with Crippen molar-refractivity contribution in [1.82, 2.24) is 9.78 Å². The van der Waals surface area contributed by atoms with Gasteiger partial charge < -0.3 is 0 Å². The molecule has 2 aromatic rings. The van der Waals surface area contributed by atoms with Gasteiger partial charge in [0.05, 0.1) is 5.69 Å². The van der Waals surface area contributed by atoms with Gasteiger partial charge >= 0.3 is 0 Å². The Balaban J connectivity index is 2.37. The maximum atomic E-state index is 11.8. The largest absolute Gasteiger partial charge is 0.273 e. The van der Waals surface area contributed by atoms with Crippen LogP contribution in [0.4, 0.5) is 0 Å². The molecule has 86 valence electrons. The molecule has 0 fully saturated rings. The number of hydrogen-bond acceptors (Lipinski definition) is 2. The second-order valence-corrected chi connectivity index (χ2v) is 3.91. The van der Waals surface area contributed by atoms with Crippen LogP contribution < -0.4 is 5.56 Å². The Bertz CT molecular complexity index is 597. The second-order valence-electron chi connectivity index (χ2n) is 3.91. The summed E-state index contributed by atoms with van der Waals surface area (Å²) in [7, 11) is 1.66. The summed E-state index contributed by atoms with van der Waals surface area (Å²) in [6, 6.07) is 11.7. The van der Waals surface area contributed by atoms with Crippen molar-refractivity contribution >= 4 is 12.2 Å². The minimum atomic E-state index is -0.0808. The fourth-order valence-electron chi connectivity index (χ4n) is 1.65. The van der Waals surface area contributed by atoms with E-state index < -0.39 is 0 Å². The molecule has 0 amide bonds. The van der Waals surface area contributed by atoms with Crippen molar-refractivity contribution in [1.29, 1.82) is 0 Å². The standard InChI is InChI=1S/C14H14N2O/c1-11-10-13(14(17)16(2)15-11)9-8-12-6-4-3-5-7-12/h3-10H,1-2H3/b9-8+. The third kappa shape index (κ3) is 2.69. The third-order valence-corrected chi connectivity index (χ3v) is 2.47. The van der Waals surface area contributed by atoms with Crippen molar-refractivity contribution in [2.45, 2.75) is 6.92 Å². The molecule has 0 aliphatic heterocycles. The molecule has 1 heterocycles. The van der Waals surface area contributed by atoms with Gasteiger partial charge in [0.1, 0.15) is 0 Å². The van der Waals surface area contributed by atoms with Crippen LogP contribution in [0.2, 0.25) is 0 Å². The molecule has 17 heavy (non-hydrogen) atoms. The van der Waals surface area contributed by atoms with Gasteiger partial charge in [-0.25, -0.2) is 4.68 Å². The highest BCUT2D eigenvalue weighted by atomic mass is 16.1. The molecule has 1 aromatic heterocycles. The molecule has 0 N–H and O–H groups in total. The molecule has 2 rings (SSSR count). The van der Waals surface area contributed by atoms with Gasteiger partial charge in [-0.15, -0.1) is 0 Å². The molecule has 0 spiro atoms. The van der Waals surface area contributed by atoms with Gasteiger partial charge in [0.15, 0.2) is 0 Å². The first-order valence-electron chi connectivity index (χ1n) is 5.45. The SMILES string of the molecule is Cc1cc(/C=C/c2ccccc2)c(=O)n(C)n1. The van der Waals surface area contributed by atoms with Crippen molar-refractivity contribution in [3.05, 3.63) is 63.6 Å². The molecular weight excluding hydrogens is 212 g/mol. The zero-order valence-electron chi connectivity index (χ0n) is 9.92. The zero-order valence-corrected chi connectivity index (χ0v) is 9.92. The first-order valence-corrected chi connectivity index (χ1v) is 5.45. The molecule has 3 nitrogen and oxygen atoms in total. The van der Waals surface area contributed by atoms with Gasteiger partial charge in [-0.1, -0.05) is 36.4 Å². The lowest BCUT2D eigenvalue weighted by Crippen LogP contribution is -2.22. The fraction of sp³-hybridized carbons (Fsp3) is 0.143. The average Bonchev–Trinajstić information content (AvgIpc) is 2.33. The lowest BCUT2D eigenvalue weighted by atomic mass is 10.1. The van der Waals surface area contributed by atoms with E-state index in [2.05, 4.69) is 5.10 Å². The average molecular weight is 226 g/mol. The number of hydrogen-bond donors (Lipinski definition) is 0. The van der Waals surface area contributed by atoms with E-state index >= 15 is 0 Å². The van der Waals surface area contributed by atoms with Crippen LogP contribution in [-0.4, -0.2) is 9.78 Å². The fourth-order valence-corrected chi connectivity index (χ4v) is 1.65. The number of aromatic nitrogens is 2. The molecule has 0 aliphatic rings. The molecule has 0 saturated heterocycles. The molecule has 1 aromatic carbocycles. The predicted octanol–water partition coefficient (Wildman–Crippen LogP) is 2.26. The molecule has 0 radical (unpaired) electrons. The number of nitrogens with zero attached hydrogens (tertiary/aromatic N) is 2. The van der Waals surface area contributed by atoms with Crippen molar-refractivity contribution in [3.8, 4) is 0 Å². The van der Waals surface area contributed by atoms with E-state index in [-0.39, 0.29) is 5.56 Å². The first kappa shape index (κ1) is 11.3. The lowest BCUT2D eigenvalue weighted by molar-refractivity contribution is 0.690. The molecule has 0 unspecified atom stereocenters. The molecule has 0 atom stereocenters. The molecule has 0 saturated carbocycles. The van der Waals surface area contributed by atoms with Crippen LogP contribution in [0.5, 0.6) is 0 Å². The van der Waals surface area contributed by atoms with Gasteiger partial charge in [-0.3, -0.25) is 4.79 Å². The van der Waals surface area contributed by atoms with E-state index in [0.29, 0.717) is 5.56 Å². The van der Waals surface area contributed by atoms with Crippen LogP contribution in [0.1, 0.15) is 16.8 Å². The topological polar surface area (TPSA) is 34.9 Å². The van der Waals surface area contributed by atoms with E-state index in [4.69, 9.17) is 0 Å². The van der Waals surface area contributed by atoms with Crippen LogP contribution in [0.3, 0.4) is 0 Å². The maximum absolute atomic E-state index is 11.8. The Morgan fingerprint density at radius 1 is 1.18 bits per heavy atom. The summed E-state index contributed by atoms with van der Waals surface area (Å²) in [5, 5.41) is 4.06. The number of aryl methyl sites for hydroxylation is 2. The third-order valence-electron chi connectivity index (χ3n) is 2.47. The second kappa shape index (κ2) is 4.78. The van der Waals surface area contributed by atoms with Crippen molar-refractivity contribution in [2.24, 2.45) is 7.05 Å². The highest BCUT2D eigenvalue weighted by molar-refractivity contribution is 5.69. The lowest BCUT2D eigenvalue weighted by Gasteiger charge is -2.00. The monoisotopic (exact) mass is 226 g/mol. The van der Waals surface area contributed by atoms with Gasteiger partial charge in [0.2, 0.25) is 0 Å². The first-order chi connectivity index (χ1) is 8.16. The van der Waals surface area contributed by atoms with Gasteiger partial charge in [-0.05, 0) is 24.6 Å². The van der Waals surface area contributed by atoms with Crippen molar-refractivity contribution in [2.75, 3.05) is 0 Å². The van der Waals surface area contributed by atoms with E-state index in [1.165, 1.54) is 4.68 Å². The predicted molar refractivity (Wildman–Crippen MR) is 69.6 cm³/mol. The summed E-state index contributed by atoms with van der Waals surface area (Å²) in [4.78, 5) is 11.8. The Labute approximate surface area is 100 Å². The minimum Gasteiger partial charge on any atom is -0.267 e. The highest BCUT2D eigenvalue weighted by Gasteiger charge is 1.99. The molecule has 0 bridgehead atoms. The smallest absolute Gasteiger partial charge is 0.267 e. The Morgan fingerprint density at radius 2 is 1.88 bits per heavy atom. The van der Waals surface area contributed by atoms with E-state index in [9.17, 15) is 4.79 Å². The van der Waals surface area contributed by atoms with Gasteiger partial charge in [-0.2, -0.15) is 5.10 Å². The quantitative estimate of drug-likeness (QED) is 0.787. The van der Waals surface area contributed by atoms with Crippen molar-refractivity contribution in [3.63, 3.8) is 0 Å². The molecule has 3 heteroatoms. The Morgan fingerprint density at radius 3 is 2.59 bits per heavy atom. The summed E-state index contributed by atoms with van der Waals surface area (Å²) in [6.45, 7) is 1.87. The zero-order chi connectivity index (χ0) is 12.3. The normalized spacial score (nSPS) is 10.9. The summed E-state index contributed by atoms with van der Waals surface area (Å²) < 4.78 is 1.36. The molecular formula is C14H14N2O. The maximum Gasteiger partial charge on any atom is 0.273 e.